The molecule has 14 heteroatoms. The minimum absolute atomic E-state index is 0.184. The van der Waals surface area contributed by atoms with Crippen molar-refractivity contribution in [1.82, 2.24) is 0 Å². The molecule has 0 fully saturated rings. The monoisotopic (exact) mass is 850 g/mol. The molecule has 0 N–H and O–H groups in total. The first-order valence-corrected chi connectivity index (χ1v) is 20.5. The summed E-state index contributed by atoms with van der Waals surface area (Å²) < 4.78 is 19.6. The maximum absolute atomic E-state index is 14.1. The predicted molar refractivity (Wildman–Crippen MR) is 225 cm³/mol. The first kappa shape index (κ1) is 47.7. The van der Waals surface area contributed by atoms with Gasteiger partial charge >= 0.3 is 24.2 Å². The number of ether oxygens (including phenoxy) is 4. The normalized spacial score (nSPS) is 10.6. The van der Waals surface area contributed by atoms with E-state index in [0.29, 0.717) is 12.8 Å². The third-order valence-electron chi connectivity index (χ3n) is 9.80. The quantitative estimate of drug-likeness (QED) is 0.0181. The van der Waals surface area contributed by atoms with Gasteiger partial charge in [-0.3, -0.25) is 19.2 Å². The summed E-state index contributed by atoms with van der Waals surface area (Å²) in [5, 5.41) is 0. The molecule has 0 radical (unpaired) electrons. The zero-order valence-corrected chi connectivity index (χ0v) is 35.3. The summed E-state index contributed by atoms with van der Waals surface area (Å²) in [6.45, 7) is 4.17. The standard InChI is InChI=1S/C48H50O14/c1-5-7-9-11-13-23-39(49)31-25-27-41(59-47(55)57-3)37(29-31)43(51)33-19-15-17-21-35(33)45(53)61-62-46(54)36-22-18-16-20-34(36)44(52)38-30-32(26-28-42(38)60-48(56)58-4)40(50)24-14-12-10-8-6-2/h15-22,25-30H,5-14,23-24H2,1-4H3. The minimum atomic E-state index is -1.28. The van der Waals surface area contributed by atoms with E-state index < -0.39 is 35.8 Å². The van der Waals surface area contributed by atoms with Crippen molar-refractivity contribution in [2.75, 3.05) is 14.2 Å². The van der Waals surface area contributed by atoms with Gasteiger partial charge in [0.1, 0.15) is 11.5 Å². The Kier molecular flexibility index (Phi) is 18.7. The fourth-order valence-corrected chi connectivity index (χ4v) is 6.44. The highest BCUT2D eigenvalue weighted by Crippen LogP contribution is 2.29. The molecule has 0 saturated carbocycles. The number of ketones is 4. The SMILES string of the molecule is CCCCCCCC(=O)c1ccc(OC(=O)OC)c(C(=O)c2ccccc2C(=O)OOC(=O)c2ccccc2C(=O)c2cc(C(=O)CCCCCCC)ccc2OC(=O)OC)c1. The second-order valence-electron chi connectivity index (χ2n) is 14.2. The highest BCUT2D eigenvalue weighted by molar-refractivity contribution is 6.18. The number of rotatable bonds is 22. The average molecular weight is 851 g/mol. The maximum atomic E-state index is 14.1. The number of Topliss-reactive ketones (excluding diaryl/α,β-unsaturated/α-hetero) is 2. The Morgan fingerprint density at radius 3 is 1.13 bits per heavy atom. The van der Waals surface area contributed by atoms with E-state index >= 15 is 0 Å². The van der Waals surface area contributed by atoms with Gasteiger partial charge in [0.2, 0.25) is 0 Å². The molecule has 0 amide bonds. The van der Waals surface area contributed by atoms with Crippen molar-refractivity contribution in [2.24, 2.45) is 0 Å². The molecular weight excluding hydrogens is 801 g/mol. The van der Waals surface area contributed by atoms with Gasteiger partial charge in [0.15, 0.2) is 23.1 Å². The topological polar surface area (TPSA) is 192 Å². The molecule has 0 spiro atoms. The smallest absolute Gasteiger partial charge is 0.437 e. The lowest BCUT2D eigenvalue weighted by Crippen LogP contribution is -2.19. The zero-order valence-electron chi connectivity index (χ0n) is 35.3. The Morgan fingerprint density at radius 2 is 0.774 bits per heavy atom. The molecule has 0 atom stereocenters. The number of unbranched alkanes of at least 4 members (excludes halogenated alkanes) is 8. The van der Waals surface area contributed by atoms with Gasteiger partial charge in [-0.1, -0.05) is 102 Å². The molecule has 4 aromatic rings. The lowest BCUT2D eigenvalue weighted by molar-refractivity contribution is -0.187. The van der Waals surface area contributed by atoms with Crippen molar-refractivity contribution < 1.29 is 67.1 Å². The molecule has 0 unspecified atom stereocenters. The molecule has 0 aliphatic carbocycles. The number of hydrogen-bond donors (Lipinski definition) is 0. The van der Waals surface area contributed by atoms with Crippen LogP contribution in [0.1, 0.15) is 164 Å². The van der Waals surface area contributed by atoms with E-state index in [2.05, 4.69) is 23.3 Å². The molecular formula is C48H50O14. The Labute approximate surface area is 359 Å². The van der Waals surface area contributed by atoms with E-state index in [-0.39, 0.29) is 80.4 Å². The molecule has 4 aromatic carbocycles. The van der Waals surface area contributed by atoms with Gasteiger partial charge in [-0.15, -0.1) is 0 Å². The number of methoxy groups -OCH3 is 2. The van der Waals surface area contributed by atoms with Crippen LogP contribution >= 0.6 is 0 Å². The molecule has 0 saturated heterocycles. The Balaban J connectivity index is 1.58. The van der Waals surface area contributed by atoms with Gasteiger partial charge in [-0.05, 0) is 61.4 Å². The van der Waals surface area contributed by atoms with E-state index in [1.807, 2.05) is 0 Å². The van der Waals surface area contributed by atoms with Crippen LogP contribution in [0.5, 0.6) is 11.5 Å². The van der Waals surface area contributed by atoms with Crippen LogP contribution in [-0.2, 0) is 19.2 Å². The number of carbonyl (C=O) groups is 8. The average Bonchev–Trinajstić information content (AvgIpc) is 3.29. The Bertz CT molecular complexity index is 2110. The number of benzene rings is 4. The summed E-state index contributed by atoms with van der Waals surface area (Å²) >= 11 is 0. The molecule has 62 heavy (non-hydrogen) atoms. The number of hydrogen-bond acceptors (Lipinski definition) is 14. The van der Waals surface area contributed by atoms with Crippen LogP contribution in [0.15, 0.2) is 84.9 Å². The second kappa shape index (κ2) is 24.3. The lowest BCUT2D eigenvalue weighted by Gasteiger charge is -2.13. The zero-order chi connectivity index (χ0) is 45.0. The third-order valence-corrected chi connectivity index (χ3v) is 9.80. The van der Waals surface area contributed by atoms with E-state index in [0.717, 1.165) is 65.6 Å². The van der Waals surface area contributed by atoms with Crippen LogP contribution in [0, 0.1) is 0 Å². The van der Waals surface area contributed by atoms with E-state index in [1.165, 1.54) is 84.9 Å². The maximum Gasteiger partial charge on any atom is 0.513 e. The molecule has 0 heterocycles. The molecule has 0 aliphatic heterocycles. The molecule has 0 aromatic heterocycles. The Morgan fingerprint density at radius 1 is 0.419 bits per heavy atom. The molecule has 14 nitrogen and oxygen atoms in total. The summed E-state index contributed by atoms with van der Waals surface area (Å²) in [7, 11) is 2.16. The van der Waals surface area contributed by atoms with Gasteiger partial charge in [-0.2, -0.15) is 0 Å². The van der Waals surface area contributed by atoms with Crippen molar-refractivity contribution in [3.8, 4) is 11.5 Å². The van der Waals surface area contributed by atoms with Crippen LogP contribution in [-0.4, -0.2) is 61.6 Å². The van der Waals surface area contributed by atoms with Gasteiger partial charge in [0.25, 0.3) is 0 Å². The van der Waals surface area contributed by atoms with Crippen LogP contribution < -0.4 is 9.47 Å². The van der Waals surface area contributed by atoms with Crippen molar-refractivity contribution in [3.05, 3.63) is 129 Å². The largest absolute Gasteiger partial charge is 0.513 e. The van der Waals surface area contributed by atoms with E-state index in [9.17, 15) is 38.4 Å². The molecule has 0 aliphatic rings. The fourth-order valence-electron chi connectivity index (χ4n) is 6.44. The van der Waals surface area contributed by atoms with E-state index in [4.69, 9.17) is 19.2 Å². The first-order chi connectivity index (χ1) is 29.9. The summed E-state index contributed by atoms with van der Waals surface area (Å²) in [4.78, 5) is 115. The van der Waals surface area contributed by atoms with Gasteiger partial charge in [0.05, 0.1) is 36.5 Å². The number of carbonyl (C=O) groups excluding carboxylic acids is 8. The highest BCUT2D eigenvalue weighted by atomic mass is 17.2. The molecule has 4 rings (SSSR count). The highest BCUT2D eigenvalue weighted by Gasteiger charge is 2.28. The predicted octanol–water partition coefficient (Wildman–Crippen LogP) is 10.5. The minimum Gasteiger partial charge on any atom is -0.437 e. The Hall–Kier alpha value is -6.96. The van der Waals surface area contributed by atoms with Gasteiger partial charge in [0, 0.05) is 35.1 Å². The van der Waals surface area contributed by atoms with Crippen molar-refractivity contribution in [1.29, 1.82) is 0 Å². The summed E-state index contributed by atoms with van der Waals surface area (Å²) in [5.41, 5.74) is -1.32. The van der Waals surface area contributed by atoms with Crippen molar-refractivity contribution >= 4 is 47.4 Å². The summed E-state index contributed by atoms with van der Waals surface area (Å²) in [5.74, 6) is -5.19. The second-order valence-corrected chi connectivity index (χ2v) is 14.2. The van der Waals surface area contributed by atoms with Gasteiger partial charge < -0.3 is 18.9 Å². The van der Waals surface area contributed by atoms with Gasteiger partial charge in [-0.25, -0.2) is 29.0 Å². The molecule has 326 valence electrons. The summed E-state index contributed by atoms with van der Waals surface area (Å²) in [6, 6.07) is 18.8. The van der Waals surface area contributed by atoms with Crippen LogP contribution in [0.4, 0.5) is 9.59 Å². The third kappa shape index (κ3) is 13.3. The lowest BCUT2D eigenvalue weighted by atomic mass is 9.94. The van der Waals surface area contributed by atoms with Crippen molar-refractivity contribution in [3.63, 3.8) is 0 Å². The first-order valence-electron chi connectivity index (χ1n) is 20.5. The van der Waals surface area contributed by atoms with Crippen molar-refractivity contribution in [2.45, 2.75) is 90.9 Å². The van der Waals surface area contributed by atoms with Crippen LogP contribution in [0.3, 0.4) is 0 Å². The fraction of sp³-hybridized carbons (Fsp3) is 0.333. The van der Waals surface area contributed by atoms with E-state index in [1.54, 1.807) is 0 Å². The summed E-state index contributed by atoms with van der Waals surface area (Å²) in [6.07, 6.45) is 7.37. The van der Waals surface area contributed by atoms with Crippen LogP contribution in [0.2, 0.25) is 0 Å². The van der Waals surface area contributed by atoms with Crippen LogP contribution in [0.25, 0.3) is 0 Å². The molecule has 0 bridgehead atoms.